The zero-order chi connectivity index (χ0) is 16.2. The number of benzene rings is 1. The van der Waals surface area contributed by atoms with Crippen LogP contribution in [-0.4, -0.2) is 29.3 Å². The van der Waals surface area contributed by atoms with Crippen LogP contribution in [0.1, 0.15) is 23.7 Å². The molecule has 0 aromatic heterocycles. The third-order valence-electron chi connectivity index (χ3n) is 2.38. The van der Waals surface area contributed by atoms with E-state index in [0.29, 0.717) is 0 Å². The quantitative estimate of drug-likeness (QED) is 0.793. The second-order valence-corrected chi connectivity index (χ2v) is 4.73. The highest BCUT2D eigenvalue weighted by molar-refractivity contribution is 6.34. The van der Waals surface area contributed by atoms with Crippen LogP contribution in [0.3, 0.4) is 0 Å². The largest absolute Gasteiger partial charge is 0.478 e. The van der Waals surface area contributed by atoms with E-state index in [0.717, 1.165) is 6.07 Å². The molecule has 2 amide bonds. The third-order valence-corrected chi connectivity index (χ3v) is 2.69. The molecule has 21 heavy (non-hydrogen) atoms. The molecule has 1 unspecified atom stereocenters. The van der Waals surface area contributed by atoms with Gasteiger partial charge in [-0.25, -0.2) is 9.59 Å². The van der Waals surface area contributed by atoms with Crippen molar-refractivity contribution in [3.8, 4) is 0 Å². The predicted molar refractivity (Wildman–Crippen MR) is 70.7 cm³/mol. The second kappa shape index (κ2) is 6.66. The number of nitrogens with one attached hydrogen (secondary N) is 2. The van der Waals surface area contributed by atoms with E-state index in [1.807, 2.05) is 0 Å². The minimum absolute atomic E-state index is 0.0338. The van der Waals surface area contributed by atoms with E-state index in [4.69, 9.17) is 16.7 Å². The van der Waals surface area contributed by atoms with Gasteiger partial charge in [-0.05, 0) is 25.1 Å². The number of halogens is 4. The fourth-order valence-corrected chi connectivity index (χ4v) is 1.76. The lowest BCUT2D eigenvalue weighted by atomic mass is 10.2. The summed E-state index contributed by atoms with van der Waals surface area (Å²) in [4.78, 5) is 22.2. The molecule has 0 saturated heterocycles. The molecule has 0 aliphatic heterocycles. The standard InChI is InChI=1S/C12H12ClF3N2O3/c1-6(5-12(14,15)16)17-11(21)18-9-3-2-7(10(19)20)4-8(9)13/h2-4,6H,5H2,1H3,(H,19,20)(H2,17,18,21). The van der Waals surface area contributed by atoms with Crippen LogP contribution in [0.25, 0.3) is 0 Å². The van der Waals surface area contributed by atoms with Crippen LogP contribution >= 0.6 is 11.6 Å². The lowest BCUT2D eigenvalue weighted by Gasteiger charge is -2.16. The number of carboxylic acid groups (broad SMARTS) is 1. The molecule has 0 radical (unpaired) electrons. The molecule has 116 valence electrons. The zero-order valence-electron chi connectivity index (χ0n) is 10.8. The number of carbonyl (C=O) groups is 2. The molecule has 0 aliphatic carbocycles. The van der Waals surface area contributed by atoms with Crippen LogP contribution in [0.2, 0.25) is 5.02 Å². The van der Waals surface area contributed by atoms with Crippen LogP contribution in [0.15, 0.2) is 18.2 Å². The Labute approximate surface area is 123 Å². The monoisotopic (exact) mass is 324 g/mol. The fourth-order valence-electron chi connectivity index (χ4n) is 1.53. The molecule has 3 N–H and O–H groups in total. The van der Waals surface area contributed by atoms with E-state index in [1.165, 1.54) is 19.1 Å². The summed E-state index contributed by atoms with van der Waals surface area (Å²) in [6.07, 6.45) is -5.54. The number of anilines is 1. The summed E-state index contributed by atoms with van der Waals surface area (Å²) in [5, 5.41) is 13.1. The summed E-state index contributed by atoms with van der Waals surface area (Å²) in [6, 6.07) is 1.61. The Kier molecular flexibility index (Phi) is 5.42. The Balaban J connectivity index is 2.65. The summed E-state index contributed by atoms with van der Waals surface area (Å²) < 4.78 is 36.4. The molecular formula is C12H12ClF3N2O3. The van der Waals surface area contributed by atoms with Gasteiger partial charge in [-0.15, -0.1) is 0 Å². The SMILES string of the molecule is CC(CC(F)(F)F)NC(=O)Nc1ccc(C(=O)O)cc1Cl. The van der Waals surface area contributed by atoms with Crippen LogP contribution < -0.4 is 10.6 Å². The van der Waals surface area contributed by atoms with Crippen molar-refractivity contribution in [3.05, 3.63) is 28.8 Å². The Morgan fingerprint density at radius 2 is 2.00 bits per heavy atom. The van der Waals surface area contributed by atoms with Crippen LogP contribution in [-0.2, 0) is 0 Å². The van der Waals surface area contributed by atoms with E-state index in [2.05, 4.69) is 10.6 Å². The minimum Gasteiger partial charge on any atom is -0.478 e. The summed E-state index contributed by atoms with van der Waals surface area (Å²) in [7, 11) is 0. The number of amides is 2. The second-order valence-electron chi connectivity index (χ2n) is 4.32. The van der Waals surface area contributed by atoms with E-state index in [-0.39, 0.29) is 16.3 Å². The van der Waals surface area contributed by atoms with Crippen molar-refractivity contribution in [3.63, 3.8) is 0 Å². The molecule has 1 aromatic rings. The molecule has 0 fully saturated rings. The van der Waals surface area contributed by atoms with Crippen molar-refractivity contribution in [2.45, 2.75) is 25.6 Å². The molecule has 0 spiro atoms. The lowest BCUT2D eigenvalue weighted by molar-refractivity contribution is -0.138. The van der Waals surface area contributed by atoms with Gasteiger partial charge in [0, 0.05) is 6.04 Å². The number of hydrogen-bond donors (Lipinski definition) is 3. The predicted octanol–water partition coefficient (Wildman–Crippen LogP) is 3.50. The summed E-state index contributed by atoms with van der Waals surface area (Å²) in [6.45, 7) is 1.21. The highest BCUT2D eigenvalue weighted by Gasteiger charge is 2.30. The van der Waals surface area contributed by atoms with Crippen molar-refractivity contribution < 1.29 is 27.9 Å². The average molecular weight is 325 g/mol. The first kappa shape index (κ1) is 17.1. The summed E-state index contributed by atoms with van der Waals surface area (Å²) in [5.74, 6) is -1.19. The number of alkyl halides is 3. The van der Waals surface area contributed by atoms with Crippen LogP contribution in [0.4, 0.5) is 23.7 Å². The Morgan fingerprint density at radius 3 is 2.48 bits per heavy atom. The van der Waals surface area contributed by atoms with Gasteiger partial charge in [0.2, 0.25) is 0 Å². The van der Waals surface area contributed by atoms with Gasteiger partial charge in [0.05, 0.1) is 22.7 Å². The number of hydrogen-bond acceptors (Lipinski definition) is 2. The van der Waals surface area contributed by atoms with E-state index < -0.39 is 30.6 Å². The topological polar surface area (TPSA) is 78.4 Å². The van der Waals surface area contributed by atoms with Crippen molar-refractivity contribution in [1.82, 2.24) is 5.32 Å². The van der Waals surface area contributed by atoms with Crippen molar-refractivity contribution in [1.29, 1.82) is 0 Å². The molecule has 9 heteroatoms. The Hall–Kier alpha value is -1.96. The number of rotatable bonds is 4. The maximum atomic E-state index is 12.1. The minimum atomic E-state index is -4.38. The van der Waals surface area contributed by atoms with Crippen LogP contribution in [0.5, 0.6) is 0 Å². The molecule has 0 aliphatic rings. The molecule has 1 atom stereocenters. The molecule has 0 bridgehead atoms. The van der Waals surface area contributed by atoms with Gasteiger partial charge >= 0.3 is 18.2 Å². The third kappa shape index (κ3) is 5.90. The average Bonchev–Trinajstić information content (AvgIpc) is 2.28. The van der Waals surface area contributed by atoms with E-state index in [9.17, 15) is 22.8 Å². The zero-order valence-corrected chi connectivity index (χ0v) is 11.5. The van der Waals surface area contributed by atoms with E-state index >= 15 is 0 Å². The molecule has 0 saturated carbocycles. The van der Waals surface area contributed by atoms with Gasteiger partial charge in [-0.3, -0.25) is 0 Å². The molecule has 0 heterocycles. The number of urea groups is 1. The number of aromatic carboxylic acids is 1. The first-order valence-electron chi connectivity index (χ1n) is 5.75. The maximum absolute atomic E-state index is 12.1. The number of carbonyl (C=O) groups excluding carboxylic acids is 1. The van der Waals surface area contributed by atoms with Gasteiger partial charge < -0.3 is 15.7 Å². The molecule has 1 rings (SSSR count). The van der Waals surface area contributed by atoms with Gasteiger partial charge in [0.25, 0.3) is 0 Å². The molecular weight excluding hydrogens is 313 g/mol. The van der Waals surface area contributed by atoms with Gasteiger partial charge in [-0.2, -0.15) is 13.2 Å². The number of carboxylic acids is 1. The first-order chi connectivity index (χ1) is 9.58. The summed E-state index contributed by atoms with van der Waals surface area (Å²) in [5.41, 5.74) is 0.0229. The molecule has 1 aromatic carbocycles. The normalized spacial score (nSPS) is 12.6. The highest BCUT2D eigenvalue weighted by Crippen LogP contribution is 2.24. The smallest absolute Gasteiger partial charge is 0.391 e. The summed E-state index contributed by atoms with van der Waals surface area (Å²) >= 11 is 5.77. The van der Waals surface area contributed by atoms with Crippen LogP contribution in [0, 0.1) is 0 Å². The maximum Gasteiger partial charge on any atom is 0.391 e. The Morgan fingerprint density at radius 1 is 1.38 bits per heavy atom. The highest BCUT2D eigenvalue weighted by atomic mass is 35.5. The van der Waals surface area contributed by atoms with Gasteiger partial charge in [0.15, 0.2) is 0 Å². The van der Waals surface area contributed by atoms with Crippen molar-refractivity contribution >= 4 is 29.3 Å². The van der Waals surface area contributed by atoms with E-state index in [1.54, 1.807) is 0 Å². The van der Waals surface area contributed by atoms with Gasteiger partial charge in [-0.1, -0.05) is 11.6 Å². The van der Waals surface area contributed by atoms with Gasteiger partial charge in [0.1, 0.15) is 0 Å². The van der Waals surface area contributed by atoms with Crippen molar-refractivity contribution in [2.75, 3.05) is 5.32 Å². The Bertz CT molecular complexity index is 549. The lowest BCUT2D eigenvalue weighted by Crippen LogP contribution is -2.38. The first-order valence-corrected chi connectivity index (χ1v) is 6.13. The molecule has 5 nitrogen and oxygen atoms in total. The van der Waals surface area contributed by atoms with Crippen molar-refractivity contribution in [2.24, 2.45) is 0 Å². The fraction of sp³-hybridized carbons (Fsp3) is 0.333.